The first-order valence-corrected chi connectivity index (χ1v) is 9.69. The summed E-state index contributed by atoms with van der Waals surface area (Å²) in [4.78, 5) is 21.4. The van der Waals surface area contributed by atoms with Gasteiger partial charge in [0, 0.05) is 34.7 Å². The van der Waals surface area contributed by atoms with Crippen molar-refractivity contribution >= 4 is 23.3 Å². The molecule has 3 aromatic rings. The minimum atomic E-state index is -0.127. The summed E-state index contributed by atoms with van der Waals surface area (Å²) in [7, 11) is 0. The lowest BCUT2D eigenvalue weighted by atomic mass is 10.1. The molecule has 5 rings (SSSR count). The minimum absolute atomic E-state index is 0.127. The van der Waals surface area contributed by atoms with Gasteiger partial charge in [-0.25, -0.2) is 9.97 Å². The second kappa shape index (κ2) is 6.91. The van der Waals surface area contributed by atoms with E-state index in [2.05, 4.69) is 20.8 Å². The number of hydrogen-bond acceptors (Lipinski definition) is 6. The number of fused-ring (bicyclic) bond motifs is 1. The standard InChI is InChI=1S/C20H18ClN5O2/c21-13-5-3-11(4-6-13)16-9-14(28-26-16)10-23-19-15-7-8-22-20(27)17(15)24-18(25-19)12-1-2-12/h3-6,9,12H,1-2,7-8,10H2,(H,22,27)(H,23,24,25). The summed E-state index contributed by atoms with van der Waals surface area (Å²) in [5, 5.41) is 11.0. The van der Waals surface area contributed by atoms with E-state index in [0.717, 1.165) is 35.5 Å². The normalized spacial score (nSPS) is 15.8. The predicted molar refractivity (Wildman–Crippen MR) is 104 cm³/mol. The fourth-order valence-corrected chi connectivity index (χ4v) is 3.43. The molecule has 2 aromatic heterocycles. The van der Waals surface area contributed by atoms with Gasteiger partial charge in [0.15, 0.2) is 5.76 Å². The summed E-state index contributed by atoms with van der Waals surface area (Å²) in [6.45, 7) is 1.02. The number of nitrogens with one attached hydrogen (secondary N) is 2. The van der Waals surface area contributed by atoms with E-state index < -0.39 is 0 Å². The lowest BCUT2D eigenvalue weighted by molar-refractivity contribution is 0.0940. The van der Waals surface area contributed by atoms with E-state index in [-0.39, 0.29) is 5.91 Å². The van der Waals surface area contributed by atoms with Gasteiger partial charge in [-0.15, -0.1) is 0 Å². The summed E-state index contributed by atoms with van der Waals surface area (Å²) >= 11 is 5.94. The fraction of sp³-hybridized carbons (Fsp3) is 0.300. The predicted octanol–water partition coefficient (Wildman–Crippen LogP) is 3.56. The first kappa shape index (κ1) is 17.2. The average molecular weight is 396 g/mol. The van der Waals surface area contributed by atoms with Crippen LogP contribution in [0.4, 0.5) is 5.82 Å². The third kappa shape index (κ3) is 3.33. The van der Waals surface area contributed by atoms with Gasteiger partial charge in [0.2, 0.25) is 0 Å². The van der Waals surface area contributed by atoms with Crippen molar-refractivity contribution < 1.29 is 9.32 Å². The van der Waals surface area contributed by atoms with Gasteiger partial charge >= 0.3 is 0 Å². The van der Waals surface area contributed by atoms with Crippen LogP contribution in [0.15, 0.2) is 34.9 Å². The lowest BCUT2D eigenvalue weighted by Gasteiger charge is -2.19. The second-order valence-corrected chi connectivity index (χ2v) is 7.51. The van der Waals surface area contributed by atoms with E-state index >= 15 is 0 Å². The van der Waals surface area contributed by atoms with Crippen LogP contribution in [0.5, 0.6) is 0 Å². The second-order valence-electron chi connectivity index (χ2n) is 7.08. The average Bonchev–Trinajstić information content (AvgIpc) is 3.45. The first-order valence-electron chi connectivity index (χ1n) is 9.32. The van der Waals surface area contributed by atoms with Gasteiger partial charge in [0.25, 0.3) is 5.91 Å². The van der Waals surface area contributed by atoms with Crippen LogP contribution in [0.3, 0.4) is 0 Å². The third-order valence-corrected chi connectivity index (χ3v) is 5.22. The van der Waals surface area contributed by atoms with Gasteiger partial charge in [-0.05, 0) is 31.4 Å². The molecule has 0 bridgehead atoms. The largest absolute Gasteiger partial charge is 0.362 e. The van der Waals surface area contributed by atoms with E-state index in [1.54, 1.807) is 0 Å². The van der Waals surface area contributed by atoms with Crippen molar-refractivity contribution in [2.75, 3.05) is 11.9 Å². The first-order chi connectivity index (χ1) is 13.7. The Labute approximate surface area is 166 Å². The molecule has 0 spiro atoms. The Morgan fingerprint density at radius 2 is 2.04 bits per heavy atom. The van der Waals surface area contributed by atoms with E-state index in [1.807, 2.05) is 30.3 Å². The number of rotatable bonds is 5. The Kier molecular flexibility index (Phi) is 4.24. The van der Waals surface area contributed by atoms with Crippen molar-refractivity contribution in [3.63, 3.8) is 0 Å². The van der Waals surface area contributed by atoms with E-state index in [0.29, 0.717) is 47.7 Å². The topological polar surface area (TPSA) is 92.9 Å². The number of carbonyl (C=O) groups is 1. The molecule has 1 aliphatic carbocycles. The molecule has 1 saturated carbocycles. The van der Waals surface area contributed by atoms with Gasteiger partial charge in [-0.3, -0.25) is 4.79 Å². The Bertz CT molecular complexity index is 1040. The highest BCUT2D eigenvalue weighted by atomic mass is 35.5. The molecule has 0 radical (unpaired) electrons. The Balaban J connectivity index is 1.38. The quantitative estimate of drug-likeness (QED) is 0.686. The maximum atomic E-state index is 12.2. The molecular weight excluding hydrogens is 378 g/mol. The van der Waals surface area contributed by atoms with E-state index in [1.165, 1.54) is 0 Å². The molecule has 2 N–H and O–H groups in total. The third-order valence-electron chi connectivity index (χ3n) is 4.97. The minimum Gasteiger partial charge on any atom is -0.362 e. The van der Waals surface area contributed by atoms with E-state index in [9.17, 15) is 4.79 Å². The van der Waals surface area contributed by atoms with Crippen LogP contribution in [0.1, 0.15) is 46.4 Å². The SMILES string of the molecule is O=C1NCCc2c(NCc3cc(-c4ccc(Cl)cc4)no3)nc(C3CC3)nc21. The monoisotopic (exact) mass is 395 g/mol. The molecule has 142 valence electrons. The zero-order valence-electron chi connectivity index (χ0n) is 15.0. The van der Waals surface area contributed by atoms with Gasteiger partial charge < -0.3 is 15.2 Å². The number of anilines is 1. The number of hydrogen-bond donors (Lipinski definition) is 2. The summed E-state index contributed by atoms with van der Waals surface area (Å²) in [5.41, 5.74) is 3.04. The molecule has 1 aliphatic heterocycles. The van der Waals surface area contributed by atoms with Gasteiger partial charge in [0.05, 0.1) is 6.54 Å². The smallest absolute Gasteiger partial charge is 0.270 e. The summed E-state index contributed by atoms with van der Waals surface area (Å²) < 4.78 is 5.46. The Hall–Kier alpha value is -2.93. The molecule has 1 fully saturated rings. The molecule has 3 heterocycles. The van der Waals surface area contributed by atoms with Crippen molar-refractivity contribution in [1.29, 1.82) is 0 Å². The highest BCUT2D eigenvalue weighted by Gasteiger charge is 2.31. The molecule has 1 aromatic carbocycles. The summed E-state index contributed by atoms with van der Waals surface area (Å²) in [6.07, 6.45) is 2.86. The van der Waals surface area contributed by atoms with Crippen LogP contribution in [0.25, 0.3) is 11.3 Å². The van der Waals surface area contributed by atoms with Crippen LogP contribution < -0.4 is 10.6 Å². The molecule has 0 saturated heterocycles. The fourth-order valence-electron chi connectivity index (χ4n) is 3.30. The van der Waals surface area contributed by atoms with Crippen molar-refractivity contribution in [2.24, 2.45) is 0 Å². The molecule has 2 aliphatic rings. The van der Waals surface area contributed by atoms with Crippen LogP contribution in [0.2, 0.25) is 5.02 Å². The highest BCUT2D eigenvalue weighted by Crippen LogP contribution is 2.39. The number of carbonyl (C=O) groups excluding carboxylic acids is 1. The Morgan fingerprint density at radius 3 is 2.82 bits per heavy atom. The molecule has 1 amide bonds. The molecule has 7 nitrogen and oxygen atoms in total. The van der Waals surface area contributed by atoms with Crippen molar-refractivity contribution in [2.45, 2.75) is 31.7 Å². The number of nitrogens with zero attached hydrogens (tertiary/aromatic N) is 3. The molecule has 0 atom stereocenters. The zero-order valence-corrected chi connectivity index (χ0v) is 15.8. The summed E-state index contributed by atoms with van der Waals surface area (Å²) in [5.74, 6) is 2.38. The van der Waals surface area contributed by atoms with Crippen molar-refractivity contribution in [1.82, 2.24) is 20.4 Å². The molecular formula is C20H18ClN5O2. The molecule has 0 unspecified atom stereocenters. The molecule has 8 heteroatoms. The van der Waals surface area contributed by atoms with Gasteiger partial charge in [-0.2, -0.15) is 0 Å². The van der Waals surface area contributed by atoms with Crippen LogP contribution in [0, 0.1) is 0 Å². The van der Waals surface area contributed by atoms with E-state index in [4.69, 9.17) is 21.1 Å². The maximum Gasteiger partial charge on any atom is 0.270 e. The van der Waals surface area contributed by atoms with Crippen molar-refractivity contribution in [3.8, 4) is 11.3 Å². The number of benzene rings is 1. The van der Waals surface area contributed by atoms with Crippen LogP contribution in [-0.4, -0.2) is 27.6 Å². The Morgan fingerprint density at radius 1 is 1.21 bits per heavy atom. The van der Waals surface area contributed by atoms with Gasteiger partial charge in [0.1, 0.15) is 23.0 Å². The maximum absolute atomic E-state index is 12.2. The summed E-state index contributed by atoms with van der Waals surface area (Å²) in [6, 6.07) is 9.33. The zero-order chi connectivity index (χ0) is 19.1. The van der Waals surface area contributed by atoms with Gasteiger partial charge in [-0.1, -0.05) is 28.9 Å². The number of amides is 1. The number of halogens is 1. The molecule has 28 heavy (non-hydrogen) atoms. The lowest BCUT2D eigenvalue weighted by Crippen LogP contribution is -2.34. The number of aromatic nitrogens is 3. The van der Waals surface area contributed by atoms with Crippen molar-refractivity contribution in [3.05, 3.63) is 58.2 Å². The van der Waals surface area contributed by atoms with Crippen LogP contribution >= 0.6 is 11.6 Å². The van der Waals surface area contributed by atoms with Crippen LogP contribution in [-0.2, 0) is 13.0 Å². The highest BCUT2D eigenvalue weighted by molar-refractivity contribution is 6.30.